The Morgan fingerprint density at radius 3 is 2.48 bits per heavy atom. The smallest absolute Gasteiger partial charge is 0.254 e. The third-order valence-electron chi connectivity index (χ3n) is 5.80. The van der Waals surface area contributed by atoms with Crippen molar-refractivity contribution < 1.29 is 18.7 Å². The molecule has 2 aromatic rings. The van der Waals surface area contributed by atoms with Crippen LogP contribution < -0.4 is 10.1 Å². The van der Waals surface area contributed by atoms with Gasteiger partial charge in [0.05, 0.1) is 12.5 Å². The Balaban J connectivity index is 1.74. The molecule has 0 radical (unpaired) electrons. The number of ether oxygens (including phenoxy) is 1. The number of halogens is 1. The molecule has 1 saturated carbocycles. The average molecular weight is 420 g/mol. The average Bonchev–Trinajstić information content (AvgIpc) is 2.75. The molecule has 0 spiro atoms. The van der Waals surface area contributed by atoms with Gasteiger partial charge in [-0.05, 0) is 68.7 Å². The minimum absolute atomic E-state index is 0.114. The molecule has 1 aliphatic heterocycles. The number of carbonyl (C=O) groups is 2. The second-order valence-corrected chi connectivity index (χ2v) is 7.84. The van der Waals surface area contributed by atoms with E-state index in [0.29, 0.717) is 30.0 Å². The van der Waals surface area contributed by atoms with E-state index < -0.39 is 11.8 Å². The highest BCUT2D eigenvalue weighted by Gasteiger charge is 2.43. The molecule has 1 fully saturated rings. The molecule has 6 heteroatoms. The van der Waals surface area contributed by atoms with Crippen molar-refractivity contribution in [1.82, 2.24) is 0 Å². The summed E-state index contributed by atoms with van der Waals surface area (Å²) in [6, 6.07) is 13.2. The molecule has 0 bridgehead atoms. The molecule has 160 valence electrons. The van der Waals surface area contributed by atoms with Crippen LogP contribution >= 0.6 is 0 Å². The van der Waals surface area contributed by atoms with Gasteiger partial charge in [-0.3, -0.25) is 14.6 Å². The van der Waals surface area contributed by atoms with E-state index in [0.717, 1.165) is 29.9 Å². The van der Waals surface area contributed by atoms with Gasteiger partial charge in [-0.15, -0.1) is 0 Å². The van der Waals surface area contributed by atoms with E-state index >= 15 is 0 Å². The number of anilines is 1. The van der Waals surface area contributed by atoms with Crippen LogP contribution in [0.3, 0.4) is 0 Å². The number of amides is 1. The maximum absolute atomic E-state index is 13.3. The fraction of sp³-hybridized carbons (Fsp3) is 0.320. The van der Waals surface area contributed by atoms with Crippen molar-refractivity contribution in [2.45, 2.75) is 39.0 Å². The summed E-state index contributed by atoms with van der Waals surface area (Å²) in [5.74, 6) is -0.710. The molecule has 1 N–H and O–H groups in total. The molecule has 2 atom stereocenters. The number of fused-ring (bicyclic) bond motifs is 1. The topological polar surface area (TPSA) is 67.8 Å². The Hall–Kier alpha value is -3.28. The van der Waals surface area contributed by atoms with Crippen molar-refractivity contribution in [1.29, 1.82) is 0 Å². The Kier molecular flexibility index (Phi) is 5.98. The number of hydrogen-bond acceptors (Lipinski definition) is 4. The first-order valence-corrected chi connectivity index (χ1v) is 10.6. The van der Waals surface area contributed by atoms with Crippen molar-refractivity contribution in [3.8, 4) is 5.75 Å². The van der Waals surface area contributed by atoms with Crippen molar-refractivity contribution in [2.24, 2.45) is 10.9 Å². The third-order valence-corrected chi connectivity index (χ3v) is 5.80. The van der Waals surface area contributed by atoms with Gasteiger partial charge in [0.2, 0.25) is 0 Å². The van der Waals surface area contributed by atoms with Crippen molar-refractivity contribution >= 4 is 23.1 Å². The van der Waals surface area contributed by atoms with Crippen LogP contribution in [0.5, 0.6) is 5.75 Å². The molecule has 31 heavy (non-hydrogen) atoms. The fourth-order valence-corrected chi connectivity index (χ4v) is 4.45. The number of hydrogen-bond donors (Lipinski definition) is 1. The first-order chi connectivity index (χ1) is 15.0. The van der Waals surface area contributed by atoms with E-state index in [-0.39, 0.29) is 17.5 Å². The zero-order chi connectivity index (χ0) is 22.0. The summed E-state index contributed by atoms with van der Waals surface area (Å²) in [6.45, 7) is 4.29. The highest BCUT2D eigenvalue weighted by molar-refractivity contribution is 6.14. The van der Waals surface area contributed by atoms with Crippen LogP contribution in [0.4, 0.5) is 10.1 Å². The molecule has 2 aromatic carbocycles. The molecular formula is C25H25FN2O3. The summed E-state index contributed by atoms with van der Waals surface area (Å²) < 4.78 is 18.8. The maximum atomic E-state index is 13.3. The quantitative estimate of drug-likeness (QED) is 0.736. The molecule has 1 heterocycles. The molecule has 1 aliphatic carbocycles. The minimum Gasteiger partial charge on any atom is -0.494 e. The number of Topliss-reactive ketones (excluding diaryl/α,β-unsaturated/α-hetero) is 1. The standard InChI is InChI=1S/C25H25FN2O3/c1-3-31-19-13-7-16(8-14-19)23-22(25(30)28-18-11-9-17(26)10-12-18)15(2)27-20-5-4-6-21(29)24(20)23/h7-14,23-24H,3-6H2,1-2H3,(H,28,30)/t23-,24?/m1/s1. The Labute approximate surface area is 181 Å². The van der Waals surface area contributed by atoms with Crippen LogP contribution in [0.15, 0.2) is 64.8 Å². The lowest BCUT2D eigenvalue weighted by Gasteiger charge is -2.36. The zero-order valence-electron chi connectivity index (χ0n) is 17.7. The van der Waals surface area contributed by atoms with E-state index in [1.54, 1.807) is 0 Å². The van der Waals surface area contributed by atoms with Crippen LogP contribution in [-0.4, -0.2) is 24.0 Å². The first-order valence-electron chi connectivity index (χ1n) is 10.6. The Morgan fingerprint density at radius 1 is 1.10 bits per heavy atom. The van der Waals surface area contributed by atoms with Gasteiger partial charge < -0.3 is 10.1 Å². The van der Waals surface area contributed by atoms with Crippen molar-refractivity contribution in [3.05, 3.63) is 71.2 Å². The lowest BCUT2D eigenvalue weighted by Crippen LogP contribution is -2.39. The molecule has 4 rings (SSSR count). The summed E-state index contributed by atoms with van der Waals surface area (Å²) in [5, 5.41) is 2.84. The van der Waals surface area contributed by atoms with Gasteiger partial charge in [-0.2, -0.15) is 0 Å². The second kappa shape index (κ2) is 8.84. The van der Waals surface area contributed by atoms with E-state index in [1.165, 1.54) is 24.3 Å². The number of nitrogens with zero attached hydrogens (tertiary/aromatic N) is 1. The fourth-order valence-electron chi connectivity index (χ4n) is 4.45. The normalized spacial score (nSPS) is 20.7. The molecular weight excluding hydrogens is 395 g/mol. The molecule has 1 unspecified atom stereocenters. The molecule has 2 aliphatic rings. The lowest BCUT2D eigenvalue weighted by atomic mass is 9.69. The van der Waals surface area contributed by atoms with E-state index in [4.69, 9.17) is 4.74 Å². The number of rotatable bonds is 5. The van der Waals surface area contributed by atoms with E-state index in [1.807, 2.05) is 38.1 Å². The second-order valence-electron chi connectivity index (χ2n) is 7.84. The first kappa shape index (κ1) is 21.0. The molecule has 0 saturated heterocycles. The number of ketones is 1. The van der Waals surface area contributed by atoms with Gasteiger partial charge in [0.15, 0.2) is 0 Å². The highest BCUT2D eigenvalue weighted by atomic mass is 19.1. The van der Waals surface area contributed by atoms with Gasteiger partial charge in [0.1, 0.15) is 17.3 Å². The van der Waals surface area contributed by atoms with Gasteiger partial charge in [0, 0.05) is 35.0 Å². The molecule has 1 amide bonds. The zero-order valence-corrected chi connectivity index (χ0v) is 17.7. The monoisotopic (exact) mass is 420 g/mol. The van der Waals surface area contributed by atoms with Crippen LogP contribution in [0.2, 0.25) is 0 Å². The van der Waals surface area contributed by atoms with Crippen LogP contribution in [-0.2, 0) is 9.59 Å². The van der Waals surface area contributed by atoms with Crippen LogP contribution in [0, 0.1) is 11.7 Å². The number of nitrogens with one attached hydrogen (secondary N) is 1. The minimum atomic E-state index is -0.440. The van der Waals surface area contributed by atoms with Crippen molar-refractivity contribution in [3.63, 3.8) is 0 Å². The number of aliphatic imine (C=N–C) groups is 1. The Bertz CT molecular complexity index is 1060. The van der Waals surface area contributed by atoms with Gasteiger partial charge in [-0.25, -0.2) is 4.39 Å². The molecule has 5 nitrogen and oxygen atoms in total. The maximum Gasteiger partial charge on any atom is 0.254 e. The van der Waals surface area contributed by atoms with Crippen LogP contribution in [0.25, 0.3) is 0 Å². The lowest BCUT2D eigenvalue weighted by molar-refractivity contribution is -0.122. The van der Waals surface area contributed by atoms with Gasteiger partial charge >= 0.3 is 0 Å². The number of allylic oxidation sites excluding steroid dienone is 1. The summed E-state index contributed by atoms with van der Waals surface area (Å²) in [6.07, 6.45) is 2.03. The predicted octanol–water partition coefficient (Wildman–Crippen LogP) is 5.04. The molecule has 0 aromatic heterocycles. The van der Waals surface area contributed by atoms with Gasteiger partial charge in [-0.1, -0.05) is 12.1 Å². The van der Waals surface area contributed by atoms with Crippen molar-refractivity contribution in [2.75, 3.05) is 11.9 Å². The van der Waals surface area contributed by atoms with Crippen LogP contribution in [0.1, 0.15) is 44.6 Å². The predicted molar refractivity (Wildman–Crippen MR) is 118 cm³/mol. The summed E-state index contributed by atoms with van der Waals surface area (Å²) in [5.41, 5.74) is 3.30. The number of carbonyl (C=O) groups excluding carboxylic acids is 2. The van der Waals surface area contributed by atoms with E-state index in [2.05, 4.69) is 10.3 Å². The third kappa shape index (κ3) is 4.29. The summed E-state index contributed by atoms with van der Waals surface area (Å²) in [7, 11) is 0. The van der Waals surface area contributed by atoms with Gasteiger partial charge in [0.25, 0.3) is 5.91 Å². The largest absolute Gasteiger partial charge is 0.494 e. The Morgan fingerprint density at radius 2 is 1.81 bits per heavy atom. The summed E-state index contributed by atoms with van der Waals surface area (Å²) in [4.78, 5) is 30.9. The number of benzene rings is 2. The SMILES string of the molecule is CCOc1ccc([C@@H]2C(C(=O)Nc3ccc(F)cc3)=C(C)N=C3CCCC(=O)C32)cc1. The highest BCUT2D eigenvalue weighted by Crippen LogP contribution is 2.43. The summed E-state index contributed by atoms with van der Waals surface area (Å²) >= 11 is 0. The van der Waals surface area contributed by atoms with E-state index in [9.17, 15) is 14.0 Å².